The van der Waals surface area contributed by atoms with E-state index in [-0.39, 0.29) is 47.3 Å². The third kappa shape index (κ3) is 5.13. The van der Waals surface area contributed by atoms with Crippen molar-refractivity contribution in [2.75, 3.05) is 6.54 Å². The van der Waals surface area contributed by atoms with Crippen LogP contribution in [0.1, 0.15) is 36.8 Å². The first-order chi connectivity index (χ1) is 16.0. The summed E-state index contributed by atoms with van der Waals surface area (Å²) in [5, 5.41) is 0. The number of nitrogens with zero attached hydrogens (tertiary/aromatic N) is 1. The summed E-state index contributed by atoms with van der Waals surface area (Å²) in [7, 11) is -3.81. The van der Waals surface area contributed by atoms with Gasteiger partial charge in [-0.1, -0.05) is 17.7 Å². The van der Waals surface area contributed by atoms with E-state index < -0.39 is 33.5 Å². The highest BCUT2D eigenvalue weighted by Crippen LogP contribution is 2.40. The van der Waals surface area contributed by atoms with E-state index in [0.717, 1.165) is 24.5 Å². The lowest BCUT2D eigenvalue weighted by Gasteiger charge is -2.41. The predicted octanol–water partition coefficient (Wildman–Crippen LogP) is 3.03. The van der Waals surface area contributed by atoms with Gasteiger partial charge in [-0.3, -0.25) is 4.79 Å². The molecule has 0 unspecified atom stereocenters. The lowest BCUT2D eigenvalue weighted by Crippen LogP contribution is -2.52. The van der Waals surface area contributed by atoms with Crippen LogP contribution in [0.15, 0.2) is 41.3 Å². The fourth-order valence-corrected chi connectivity index (χ4v) is 6.14. The number of nitrogens with two attached hydrogens (primary N) is 1. The molecule has 0 spiro atoms. The SMILES string of the molecule is Cc1ccc(S(=O)(=O)NCC(=O)N2[C@@H]3CC[C@H]2C[C@@H]([C@H](N)Cc2cc(F)c(F)cc2F)C3)cc1. The highest BCUT2D eigenvalue weighted by Gasteiger charge is 2.44. The van der Waals surface area contributed by atoms with E-state index in [1.54, 1.807) is 17.0 Å². The van der Waals surface area contributed by atoms with Crippen molar-refractivity contribution in [2.45, 2.75) is 62.0 Å². The van der Waals surface area contributed by atoms with Crippen molar-refractivity contribution in [3.05, 3.63) is 65.0 Å². The summed E-state index contributed by atoms with van der Waals surface area (Å²) in [6, 6.07) is 7.11. The molecular formula is C24H28F3N3O3S. The first kappa shape index (κ1) is 24.7. The maximum atomic E-state index is 14.0. The Bertz CT molecular complexity index is 1160. The molecule has 3 N–H and O–H groups in total. The second kappa shape index (κ2) is 9.67. The third-order valence-corrected chi connectivity index (χ3v) is 8.37. The monoisotopic (exact) mass is 495 g/mol. The molecule has 184 valence electrons. The summed E-state index contributed by atoms with van der Waals surface area (Å²) < 4.78 is 68.2. The van der Waals surface area contributed by atoms with Gasteiger partial charge in [0, 0.05) is 24.2 Å². The predicted molar refractivity (Wildman–Crippen MR) is 121 cm³/mol. The fourth-order valence-electron chi connectivity index (χ4n) is 5.17. The van der Waals surface area contributed by atoms with Gasteiger partial charge in [-0.2, -0.15) is 0 Å². The van der Waals surface area contributed by atoms with Crippen LogP contribution in [0.4, 0.5) is 13.2 Å². The smallest absolute Gasteiger partial charge is 0.241 e. The minimum absolute atomic E-state index is 0.0154. The maximum absolute atomic E-state index is 14.0. The van der Waals surface area contributed by atoms with Gasteiger partial charge >= 0.3 is 0 Å². The second-order valence-electron chi connectivity index (χ2n) is 9.28. The molecule has 0 aromatic heterocycles. The molecule has 2 aromatic rings. The number of aryl methyl sites for hydroxylation is 1. The zero-order valence-corrected chi connectivity index (χ0v) is 19.6. The van der Waals surface area contributed by atoms with Crippen LogP contribution < -0.4 is 10.5 Å². The van der Waals surface area contributed by atoms with Gasteiger partial charge < -0.3 is 10.6 Å². The molecule has 2 saturated heterocycles. The summed E-state index contributed by atoms with van der Waals surface area (Å²) in [4.78, 5) is 14.8. The Kier molecular flexibility index (Phi) is 7.02. The van der Waals surface area contributed by atoms with Gasteiger partial charge in [0.05, 0.1) is 11.4 Å². The number of rotatable bonds is 7. The van der Waals surface area contributed by atoms with E-state index in [1.807, 2.05) is 6.92 Å². The third-order valence-electron chi connectivity index (χ3n) is 6.95. The molecule has 2 bridgehead atoms. The maximum Gasteiger partial charge on any atom is 0.241 e. The summed E-state index contributed by atoms with van der Waals surface area (Å²) in [6.07, 6.45) is 2.82. The van der Waals surface area contributed by atoms with Crippen molar-refractivity contribution in [1.29, 1.82) is 0 Å². The van der Waals surface area contributed by atoms with Gasteiger partial charge in [0.2, 0.25) is 15.9 Å². The number of piperidine rings is 1. The quantitative estimate of drug-likeness (QED) is 0.578. The van der Waals surface area contributed by atoms with Gasteiger partial charge in [-0.15, -0.1) is 0 Å². The number of halogens is 3. The summed E-state index contributed by atoms with van der Waals surface area (Å²) >= 11 is 0. The number of hydrogen-bond donors (Lipinski definition) is 2. The Morgan fingerprint density at radius 1 is 1.06 bits per heavy atom. The normalized spacial score (nSPS) is 23.2. The lowest BCUT2D eigenvalue weighted by atomic mass is 9.82. The fraction of sp³-hybridized carbons (Fsp3) is 0.458. The summed E-state index contributed by atoms with van der Waals surface area (Å²) in [5.74, 6) is -3.49. The number of amides is 1. The molecule has 34 heavy (non-hydrogen) atoms. The Morgan fingerprint density at radius 2 is 1.65 bits per heavy atom. The molecule has 10 heteroatoms. The number of fused-ring (bicyclic) bond motifs is 2. The summed E-state index contributed by atoms with van der Waals surface area (Å²) in [5.41, 5.74) is 7.28. The standard InChI is InChI=1S/C24H28F3N3O3S/c1-14-2-6-19(7-3-14)34(32,33)29-13-24(31)30-17-4-5-18(30)9-16(8-17)23(28)11-15-10-21(26)22(27)12-20(15)25/h2-3,6-7,10,12,16-18,23,29H,4-5,8-9,11,13,28H2,1H3/t16-,17+,18-,23-/m1/s1. The molecular weight excluding hydrogens is 467 g/mol. The van der Waals surface area contributed by atoms with Gasteiger partial charge in [0.25, 0.3) is 0 Å². The van der Waals surface area contributed by atoms with Crippen LogP contribution in [-0.2, 0) is 21.2 Å². The van der Waals surface area contributed by atoms with Crippen molar-refractivity contribution in [2.24, 2.45) is 11.7 Å². The molecule has 2 fully saturated rings. The van der Waals surface area contributed by atoms with Crippen LogP contribution >= 0.6 is 0 Å². The molecule has 2 aliphatic rings. The van der Waals surface area contributed by atoms with E-state index >= 15 is 0 Å². The number of hydrogen-bond acceptors (Lipinski definition) is 4. The van der Waals surface area contributed by atoms with Crippen LogP contribution in [0.25, 0.3) is 0 Å². The van der Waals surface area contributed by atoms with Gasteiger partial charge in [-0.25, -0.2) is 26.3 Å². The lowest BCUT2D eigenvalue weighted by molar-refractivity contribution is -0.135. The van der Waals surface area contributed by atoms with Crippen molar-refractivity contribution in [3.8, 4) is 0 Å². The number of sulfonamides is 1. The highest BCUT2D eigenvalue weighted by molar-refractivity contribution is 7.89. The molecule has 1 amide bonds. The van der Waals surface area contributed by atoms with Crippen LogP contribution in [0.3, 0.4) is 0 Å². The molecule has 4 rings (SSSR count). The Labute approximate surface area is 197 Å². The van der Waals surface area contributed by atoms with Gasteiger partial charge in [-0.05, 0) is 68.7 Å². The molecule has 4 atom stereocenters. The van der Waals surface area contributed by atoms with Crippen LogP contribution in [0, 0.1) is 30.3 Å². The molecule has 2 heterocycles. The van der Waals surface area contributed by atoms with E-state index in [9.17, 15) is 26.4 Å². The molecule has 0 radical (unpaired) electrons. The first-order valence-corrected chi connectivity index (χ1v) is 12.8. The minimum Gasteiger partial charge on any atom is -0.336 e. The Morgan fingerprint density at radius 3 is 2.26 bits per heavy atom. The second-order valence-corrected chi connectivity index (χ2v) is 11.0. The number of carbonyl (C=O) groups is 1. The van der Waals surface area contributed by atoms with Crippen molar-refractivity contribution >= 4 is 15.9 Å². The largest absolute Gasteiger partial charge is 0.336 e. The Hall–Kier alpha value is -2.43. The zero-order chi connectivity index (χ0) is 24.6. The molecule has 6 nitrogen and oxygen atoms in total. The van der Waals surface area contributed by atoms with E-state index in [0.29, 0.717) is 18.9 Å². The van der Waals surface area contributed by atoms with Crippen molar-refractivity contribution in [1.82, 2.24) is 9.62 Å². The molecule has 0 aliphatic carbocycles. The number of benzene rings is 2. The van der Waals surface area contributed by atoms with E-state index in [2.05, 4.69) is 4.72 Å². The van der Waals surface area contributed by atoms with Crippen molar-refractivity contribution in [3.63, 3.8) is 0 Å². The number of carbonyl (C=O) groups excluding carboxylic acids is 1. The molecule has 2 aromatic carbocycles. The van der Waals surface area contributed by atoms with Crippen LogP contribution in [0.5, 0.6) is 0 Å². The highest BCUT2D eigenvalue weighted by atomic mass is 32.2. The van der Waals surface area contributed by atoms with E-state index in [1.165, 1.54) is 12.1 Å². The van der Waals surface area contributed by atoms with Gasteiger partial charge in [0.1, 0.15) is 5.82 Å². The number of nitrogens with one attached hydrogen (secondary N) is 1. The Balaban J connectivity index is 1.36. The van der Waals surface area contributed by atoms with Crippen LogP contribution in [-0.4, -0.2) is 43.9 Å². The summed E-state index contributed by atoms with van der Waals surface area (Å²) in [6.45, 7) is 1.52. The first-order valence-electron chi connectivity index (χ1n) is 11.3. The molecule has 0 saturated carbocycles. The zero-order valence-electron chi connectivity index (χ0n) is 18.8. The topological polar surface area (TPSA) is 92.5 Å². The van der Waals surface area contributed by atoms with Gasteiger partial charge in [0.15, 0.2) is 11.6 Å². The molecule has 2 aliphatic heterocycles. The average Bonchev–Trinajstić information content (AvgIpc) is 3.05. The van der Waals surface area contributed by atoms with Crippen molar-refractivity contribution < 1.29 is 26.4 Å². The van der Waals surface area contributed by atoms with Crippen LogP contribution in [0.2, 0.25) is 0 Å². The minimum atomic E-state index is -3.81. The average molecular weight is 496 g/mol. The van der Waals surface area contributed by atoms with E-state index in [4.69, 9.17) is 5.73 Å².